The van der Waals surface area contributed by atoms with Crippen molar-refractivity contribution in [2.45, 2.75) is 26.4 Å². The van der Waals surface area contributed by atoms with Crippen molar-refractivity contribution in [3.63, 3.8) is 0 Å². The highest BCUT2D eigenvalue weighted by atomic mass is 16.6. The van der Waals surface area contributed by atoms with Crippen molar-refractivity contribution in [1.29, 1.82) is 0 Å². The third-order valence-electron chi connectivity index (χ3n) is 4.16. The Morgan fingerprint density at radius 1 is 1.36 bits per heavy atom. The highest BCUT2D eigenvalue weighted by Crippen LogP contribution is 2.44. The molecular formula is C16H25N3O3. The lowest BCUT2D eigenvalue weighted by Gasteiger charge is -2.50. The molecule has 6 nitrogen and oxygen atoms in total. The van der Waals surface area contributed by atoms with E-state index in [2.05, 4.69) is 16.1 Å². The lowest BCUT2D eigenvalue weighted by atomic mass is 9.71. The second kappa shape index (κ2) is 5.81. The Morgan fingerprint density at radius 2 is 2.00 bits per heavy atom. The number of nitrogens with zero attached hydrogens (tertiary/aromatic N) is 2. The topological polar surface area (TPSA) is 61.9 Å². The molecule has 2 amide bonds. The molecule has 1 spiro atoms. The zero-order chi connectivity index (χ0) is 16.5. The minimum atomic E-state index is -0.504. The van der Waals surface area contributed by atoms with E-state index < -0.39 is 5.60 Å². The van der Waals surface area contributed by atoms with Crippen LogP contribution in [0, 0.1) is 23.7 Å². The molecule has 0 radical (unpaired) electrons. The maximum absolute atomic E-state index is 12.3. The van der Waals surface area contributed by atoms with Crippen molar-refractivity contribution < 1.29 is 14.3 Å². The third kappa shape index (κ3) is 3.36. The van der Waals surface area contributed by atoms with Crippen LogP contribution in [0.1, 0.15) is 20.8 Å². The molecule has 0 aromatic rings. The van der Waals surface area contributed by atoms with Crippen LogP contribution in [0.4, 0.5) is 4.79 Å². The van der Waals surface area contributed by atoms with E-state index in [1.165, 1.54) is 0 Å². The van der Waals surface area contributed by atoms with Crippen molar-refractivity contribution in [2.24, 2.45) is 11.3 Å². The van der Waals surface area contributed by atoms with Crippen LogP contribution in [0.5, 0.6) is 0 Å². The molecular weight excluding hydrogens is 282 g/mol. The van der Waals surface area contributed by atoms with Crippen LogP contribution in [0.25, 0.3) is 0 Å². The minimum Gasteiger partial charge on any atom is -0.444 e. The first kappa shape index (κ1) is 16.6. The number of hydrogen-bond acceptors (Lipinski definition) is 4. The van der Waals surface area contributed by atoms with Crippen molar-refractivity contribution in [3.8, 4) is 12.3 Å². The smallest absolute Gasteiger partial charge is 0.410 e. The first-order chi connectivity index (χ1) is 10.2. The third-order valence-corrected chi connectivity index (χ3v) is 4.16. The van der Waals surface area contributed by atoms with Gasteiger partial charge in [0.25, 0.3) is 0 Å². The van der Waals surface area contributed by atoms with E-state index in [-0.39, 0.29) is 29.9 Å². The molecule has 22 heavy (non-hydrogen) atoms. The van der Waals surface area contributed by atoms with Crippen LogP contribution in [0.15, 0.2) is 0 Å². The van der Waals surface area contributed by atoms with Gasteiger partial charge in [-0.25, -0.2) is 4.79 Å². The van der Waals surface area contributed by atoms with Crippen LogP contribution >= 0.6 is 0 Å². The summed E-state index contributed by atoms with van der Waals surface area (Å²) in [4.78, 5) is 28.2. The van der Waals surface area contributed by atoms with Crippen LogP contribution in [-0.2, 0) is 9.53 Å². The SMILES string of the molecule is C#CCNC(=O)C1CN(C)CC12CN(C(=O)OC(C)(C)C)C2. The Balaban J connectivity index is 1.98. The fourth-order valence-corrected chi connectivity index (χ4v) is 3.33. The largest absolute Gasteiger partial charge is 0.444 e. The molecule has 2 aliphatic rings. The predicted molar refractivity (Wildman–Crippen MR) is 83.1 cm³/mol. The number of carbonyl (C=O) groups is 2. The summed E-state index contributed by atoms with van der Waals surface area (Å²) >= 11 is 0. The highest BCUT2D eigenvalue weighted by molar-refractivity contribution is 5.81. The molecule has 0 aliphatic carbocycles. The van der Waals surface area contributed by atoms with Crippen LogP contribution in [-0.4, -0.2) is 67.2 Å². The van der Waals surface area contributed by atoms with Crippen molar-refractivity contribution in [3.05, 3.63) is 0 Å². The van der Waals surface area contributed by atoms with E-state index in [1.807, 2.05) is 27.8 Å². The summed E-state index contributed by atoms with van der Waals surface area (Å²) in [6, 6.07) is 0. The van der Waals surface area contributed by atoms with Gasteiger partial charge in [-0.05, 0) is 27.8 Å². The molecule has 1 unspecified atom stereocenters. The zero-order valence-electron chi connectivity index (χ0n) is 13.8. The molecule has 1 atom stereocenters. The van der Waals surface area contributed by atoms with Gasteiger partial charge in [0.1, 0.15) is 5.60 Å². The summed E-state index contributed by atoms with van der Waals surface area (Å²) in [5.74, 6) is 2.26. The molecule has 6 heteroatoms. The summed E-state index contributed by atoms with van der Waals surface area (Å²) < 4.78 is 5.38. The van der Waals surface area contributed by atoms with E-state index in [1.54, 1.807) is 4.90 Å². The molecule has 1 N–H and O–H groups in total. The maximum Gasteiger partial charge on any atom is 0.410 e. The van der Waals surface area contributed by atoms with Gasteiger partial charge in [-0.15, -0.1) is 6.42 Å². The van der Waals surface area contributed by atoms with Gasteiger partial charge in [-0.3, -0.25) is 4.79 Å². The normalized spacial score (nSPS) is 23.8. The number of likely N-dealkylation sites (tertiary alicyclic amines) is 2. The summed E-state index contributed by atoms with van der Waals surface area (Å²) in [5.41, 5.74) is -0.680. The van der Waals surface area contributed by atoms with Crippen molar-refractivity contribution >= 4 is 12.0 Å². The Morgan fingerprint density at radius 3 is 2.55 bits per heavy atom. The van der Waals surface area contributed by atoms with Gasteiger partial charge < -0.3 is 19.9 Å². The van der Waals surface area contributed by atoms with Gasteiger partial charge in [-0.2, -0.15) is 0 Å². The summed E-state index contributed by atoms with van der Waals surface area (Å²) in [6.45, 7) is 8.39. The van der Waals surface area contributed by atoms with Gasteiger partial charge in [0.15, 0.2) is 0 Å². The summed E-state index contributed by atoms with van der Waals surface area (Å²) in [7, 11) is 1.99. The monoisotopic (exact) mass is 307 g/mol. The van der Waals surface area contributed by atoms with E-state index >= 15 is 0 Å². The molecule has 0 aromatic heterocycles. The van der Waals surface area contributed by atoms with Gasteiger partial charge in [-0.1, -0.05) is 5.92 Å². The first-order valence-corrected chi connectivity index (χ1v) is 7.54. The van der Waals surface area contributed by atoms with Crippen LogP contribution in [0.2, 0.25) is 0 Å². The molecule has 2 saturated heterocycles. The number of terminal acetylenes is 1. The Hall–Kier alpha value is -1.74. The Labute approximate surface area is 132 Å². The van der Waals surface area contributed by atoms with Crippen molar-refractivity contribution in [1.82, 2.24) is 15.1 Å². The lowest BCUT2D eigenvalue weighted by molar-refractivity contribution is -0.132. The molecule has 122 valence electrons. The van der Waals surface area contributed by atoms with E-state index in [0.717, 1.165) is 6.54 Å². The molecule has 0 bridgehead atoms. The number of rotatable bonds is 2. The second-order valence-corrected chi connectivity index (χ2v) is 7.37. The standard InChI is InChI=1S/C16H25N3O3/c1-6-7-17-13(20)12-8-18(5)9-16(12)10-19(11-16)14(21)22-15(2,3)4/h1,12H,7-11H2,2-5H3,(H,17,20). The number of amides is 2. The number of carbonyl (C=O) groups excluding carboxylic acids is 2. The molecule has 2 rings (SSSR count). The maximum atomic E-state index is 12.3. The molecule has 2 aliphatic heterocycles. The molecule has 0 aromatic carbocycles. The fraction of sp³-hybridized carbons (Fsp3) is 0.750. The summed E-state index contributed by atoms with van der Waals surface area (Å²) in [6.07, 6.45) is 4.88. The van der Waals surface area contributed by atoms with Gasteiger partial charge in [0, 0.05) is 31.6 Å². The highest BCUT2D eigenvalue weighted by Gasteiger charge is 2.57. The average Bonchev–Trinajstić information content (AvgIpc) is 2.69. The summed E-state index contributed by atoms with van der Waals surface area (Å²) in [5, 5.41) is 2.76. The Bertz CT molecular complexity index is 498. The number of nitrogens with one attached hydrogen (secondary N) is 1. The molecule has 2 heterocycles. The van der Waals surface area contributed by atoms with E-state index in [0.29, 0.717) is 19.6 Å². The lowest BCUT2D eigenvalue weighted by Crippen LogP contribution is -2.64. The minimum absolute atomic E-state index is 0.0221. The quantitative estimate of drug-likeness (QED) is 0.756. The van der Waals surface area contributed by atoms with Gasteiger partial charge in [0.2, 0.25) is 5.91 Å². The van der Waals surface area contributed by atoms with Gasteiger partial charge >= 0.3 is 6.09 Å². The fourth-order valence-electron chi connectivity index (χ4n) is 3.33. The van der Waals surface area contributed by atoms with Gasteiger partial charge in [0.05, 0.1) is 12.5 Å². The second-order valence-electron chi connectivity index (χ2n) is 7.37. The zero-order valence-corrected chi connectivity index (χ0v) is 13.8. The Kier molecular flexibility index (Phi) is 4.39. The predicted octanol–water partition coefficient (Wildman–Crippen LogP) is 0.535. The average molecular weight is 307 g/mol. The molecule has 2 fully saturated rings. The van der Waals surface area contributed by atoms with Crippen LogP contribution < -0.4 is 5.32 Å². The van der Waals surface area contributed by atoms with Crippen LogP contribution in [0.3, 0.4) is 0 Å². The first-order valence-electron chi connectivity index (χ1n) is 7.54. The van der Waals surface area contributed by atoms with E-state index in [4.69, 9.17) is 11.2 Å². The molecule has 0 saturated carbocycles. The number of hydrogen-bond donors (Lipinski definition) is 1. The van der Waals surface area contributed by atoms with E-state index in [9.17, 15) is 9.59 Å². The number of ether oxygens (including phenoxy) is 1. The van der Waals surface area contributed by atoms with Crippen molar-refractivity contribution in [2.75, 3.05) is 39.8 Å².